The van der Waals surface area contributed by atoms with Gasteiger partial charge in [-0.2, -0.15) is 0 Å². The van der Waals surface area contributed by atoms with Crippen LogP contribution in [0.1, 0.15) is 45.1 Å². The largest absolute Gasteiger partial charge is 0.493 e. The highest BCUT2D eigenvalue weighted by molar-refractivity contribution is 5.85. The highest BCUT2D eigenvalue weighted by Gasteiger charge is 2.25. The van der Waals surface area contributed by atoms with Crippen LogP contribution in [0.15, 0.2) is 12.1 Å². The number of methoxy groups -OCH3 is 2. The Kier molecular flexibility index (Phi) is 6.35. The summed E-state index contributed by atoms with van der Waals surface area (Å²) in [5, 5.41) is 6.49. The molecular weight excluding hydrogens is 304 g/mol. The lowest BCUT2D eigenvalue weighted by molar-refractivity contribution is -0.122. The van der Waals surface area contributed by atoms with Gasteiger partial charge in [-0.1, -0.05) is 19.8 Å². The summed E-state index contributed by atoms with van der Waals surface area (Å²) in [7, 11) is 3.23. The number of carbonyl (C=O) groups is 1. The summed E-state index contributed by atoms with van der Waals surface area (Å²) >= 11 is 0. The lowest BCUT2D eigenvalue weighted by Gasteiger charge is -2.30. The maximum atomic E-state index is 12.5. The molecule has 1 aromatic rings. The predicted octanol–water partition coefficient (Wildman–Crippen LogP) is 3.51. The van der Waals surface area contributed by atoms with E-state index in [0.717, 1.165) is 17.7 Å². The van der Waals surface area contributed by atoms with E-state index in [0.29, 0.717) is 23.5 Å². The van der Waals surface area contributed by atoms with Crippen molar-refractivity contribution in [3.8, 4) is 11.5 Å². The van der Waals surface area contributed by atoms with E-state index in [-0.39, 0.29) is 11.9 Å². The normalized spacial score (nSPS) is 21.7. The van der Waals surface area contributed by atoms with Gasteiger partial charge < -0.3 is 20.1 Å². The molecule has 0 heterocycles. The molecule has 1 aliphatic carbocycles. The molecule has 134 valence electrons. The molecule has 5 nitrogen and oxygen atoms in total. The third-order valence-electron chi connectivity index (χ3n) is 4.93. The molecular formula is C19H30N2O3. The molecule has 0 saturated heterocycles. The van der Waals surface area contributed by atoms with Crippen LogP contribution in [0.3, 0.4) is 0 Å². The fourth-order valence-corrected chi connectivity index (χ4v) is 3.27. The number of hydrogen-bond donors (Lipinski definition) is 2. The van der Waals surface area contributed by atoms with Gasteiger partial charge in [-0.15, -0.1) is 0 Å². The first-order valence-electron chi connectivity index (χ1n) is 8.75. The van der Waals surface area contributed by atoms with Crippen molar-refractivity contribution in [3.05, 3.63) is 17.7 Å². The number of anilines is 1. The quantitative estimate of drug-likeness (QED) is 0.836. The van der Waals surface area contributed by atoms with Gasteiger partial charge in [0, 0.05) is 17.8 Å². The summed E-state index contributed by atoms with van der Waals surface area (Å²) in [4.78, 5) is 12.5. The molecule has 0 aromatic heterocycles. The molecule has 3 atom stereocenters. The van der Waals surface area contributed by atoms with Gasteiger partial charge in [0.1, 0.15) is 6.04 Å². The highest BCUT2D eigenvalue weighted by atomic mass is 16.5. The summed E-state index contributed by atoms with van der Waals surface area (Å²) < 4.78 is 10.6. The van der Waals surface area contributed by atoms with Crippen molar-refractivity contribution in [1.29, 1.82) is 0 Å². The van der Waals surface area contributed by atoms with Crippen molar-refractivity contribution in [2.45, 2.75) is 58.5 Å². The Morgan fingerprint density at radius 2 is 1.79 bits per heavy atom. The van der Waals surface area contributed by atoms with Gasteiger partial charge in [0.25, 0.3) is 0 Å². The SMILES string of the molecule is COc1cc(C)c(N[C@@H](C)C(=O)N[C@@H]2CCCC[C@@H]2C)cc1OC. The first-order valence-corrected chi connectivity index (χ1v) is 8.75. The van der Waals surface area contributed by atoms with E-state index in [9.17, 15) is 4.79 Å². The molecule has 24 heavy (non-hydrogen) atoms. The molecule has 1 amide bonds. The van der Waals surface area contributed by atoms with Gasteiger partial charge in [0.15, 0.2) is 11.5 Å². The molecule has 1 aliphatic rings. The van der Waals surface area contributed by atoms with Crippen molar-refractivity contribution in [1.82, 2.24) is 5.32 Å². The second kappa shape index (κ2) is 8.27. The van der Waals surface area contributed by atoms with Crippen molar-refractivity contribution in [2.75, 3.05) is 19.5 Å². The summed E-state index contributed by atoms with van der Waals surface area (Å²) in [5.41, 5.74) is 1.89. The molecule has 2 N–H and O–H groups in total. The van der Waals surface area contributed by atoms with Crippen LogP contribution in [-0.2, 0) is 4.79 Å². The van der Waals surface area contributed by atoms with Crippen LogP contribution in [0.2, 0.25) is 0 Å². The highest BCUT2D eigenvalue weighted by Crippen LogP contribution is 2.33. The van der Waals surface area contributed by atoms with E-state index in [1.807, 2.05) is 26.0 Å². The zero-order valence-electron chi connectivity index (χ0n) is 15.4. The smallest absolute Gasteiger partial charge is 0.242 e. The van der Waals surface area contributed by atoms with E-state index in [1.165, 1.54) is 19.3 Å². The third kappa shape index (κ3) is 4.34. The van der Waals surface area contributed by atoms with Crippen LogP contribution in [0.5, 0.6) is 11.5 Å². The maximum absolute atomic E-state index is 12.5. The average Bonchev–Trinajstić information content (AvgIpc) is 2.58. The number of hydrogen-bond acceptors (Lipinski definition) is 4. The number of nitrogens with one attached hydrogen (secondary N) is 2. The summed E-state index contributed by atoms with van der Waals surface area (Å²) in [6, 6.07) is 3.77. The minimum absolute atomic E-state index is 0.0444. The Morgan fingerprint density at radius 3 is 2.42 bits per heavy atom. The Bertz CT molecular complexity index is 574. The van der Waals surface area contributed by atoms with Crippen LogP contribution in [-0.4, -0.2) is 32.2 Å². The summed E-state index contributed by atoms with van der Waals surface area (Å²) in [5.74, 6) is 1.94. The van der Waals surface area contributed by atoms with Crippen LogP contribution < -0.4 is 20.1 Å². The van der Waals surface area contributed by atoms with E-state index in [4.69, 9.17) is 9.47 Å². The van der Waals surface area contributed by atoms with E-state index >= 15 is 0 Å². The Balaban J connectivity index is 2.03. The zero-order valence-corrected chi connectivity index (χ0v) is 15.4. The van der Waals surface area contributed by atoms with Gasteiger partial charge in [-0.3, -0.25) is 4.79 Å². The molecule has 2 rings (SSSR count). The van der Waals surface area contributed by atoms with Crippen molar-refractivity contribution >= 4 is 11.6 Å². The number of benzene rings is 1. The van der Waals surface area contributed by atoms with E-state index in [2.05, 4.69) is 17.6 Å². The van der Waals surface area contributed by atoms with Gasteiger partial charge >= 0.3 is 0 Å². The van der Waals surface area contributed by atoms with E-state index in [1.54, 1.807) is 14.2 Å². The number of aryl methyl sites for hydroxylation is 1. The fraction of sp³-hybridized carbons (Fsp3) is 0.632. The lowest BCUT2D eigenvalue weighted by atomic mass is 9.86. The molecule has 0 aliphatic heterocycles. The van der Waals surface area contributed by atoms with Gasteiger partial charge in [-0.05, 0) is 44.2 Å². The van der Waals surface area contributed by atoms with Crippen LogP contribution in [0.25, 0.3) is 0 Å². The molecule has 1 saturated carbocycles. The number of carbonyl (C=O) groups excluding carboxylic acids is 1. The van der Waals surface area contributed by atoms with Crippen molar-refractivity contribution in [3.63, 3.8) is 0 Å². The maximum Gasteiger partial charge on any atom is 0.242 e. The van der Waals surface area contributed by atoms with Crippen LogP contribution in [0, 0.1) is 12.8 Å². The first-order chi connectivity index (χ1) is 11.5. The first kappa shape index (κ1) is 18.4. The summed E-state index contributed by atoms with van der Waals surface area (Å²) in [6.45, 7) is 6.10. The minimum atomic E-state index is -0.309. The Hall–Kier alpha value is -1.91. The van der Waals surface area contributed by atoms with E-state index < -0.39 is 0 Å². The van der Waals surface area contributed by atoms with Gasteiger partial charge in [0.05, 0.1) is 14.2 Å². The Labute approximate surface area is 145 Å². The number of amides is 1. The molecule has 0 radical (unpaired) electrons. The predicted molar refractivity (Wildman–Crippen MR) is 96.9 cm³/mol. The summed E-state index contributed by atoms with van der Waals surface area (Å²) in [6.07, 6.45) is 4.74. The zero-order chi connectivity index (χ0) is 17.7. The monoisotopic (exact) mass is 334 g/mol. The number of rotatable bonds is 6. The second-order valence-electron chi connectivity index (χ2n) is 6.76. The Morgan fingerprint density at radius 1 is 1.17 bits per heavy atom. The molecule has 1 fully saturated rings. The molecule has 1 aromatic carbocycles. The molecule has 0 spiro atoms. The second-order valence-corrected chi connectivity index (χ2v) is 6.76. The topological polar surface area (TPSA) is 59.6 Å². The average molecular weight is 334 g/mol. The standard InChI is InChI=1S/C19H30N2O3/c1-12-8-6-7-9-15(12)21-19(22)14(3)20-16-11-18(24-5)17(23-4)10-13(16)2/h10-12,14-15,20H,6-9H2,1-5H3,(H,21,22)/t12-,14-,15+/m0/s1. The number of ether oxygens (including phenoxy) is 2. The fourth-order valence-electron chi connectivity index (χ4n) is 3.27. The lowest BCUT2D eigenvalue weighted by Crippen LogP contribution is -2.46. The van der Waals surface area contributed by atoms with Crippen molar-refractivity contribution in [2.24, 2.45) is 5.92 Å². The molecule has 0 bridgehead atoms. The minimum Gasteiger partial charge on any atom is -0.493 e. The van der Waals surface area contributed by atoms with Crippen LogP contribution >= 0.6 is 0 Å². The van der Waals surface area contributed by atoms with Gasteiger partial charge in [0.2, 0.25) is 5.91 Å². The molecule has 0 unspecified atom stereocenters. The van der Waals surface area contributed by atoms with Crippen LogP contribution in [0.4, 0.5) is 5.69 Å². The van der Waals surface area contributed by atoms with Crippen molar-refractivity contribution < 1.29 is 14.3 Å². The third-order valence-corrected chi connectivity index (χ3v) is 4.93. The van der Waals surface area contributed by atoms with Gasteiger partial charge in [-0.25, -0.2) is 0 Å². The molecule has 5 heteroatoms.